The van der Waals surface area contributed by atoms with E-state index in [-0.39, 0.29) is 45.9 Å². The van der Waals surface area contributed by atoms with Crippen molar-refractivity contribution in [2.24, 2.45) is 0 Å². The number of fused-ring (bicyclic) bond motifs is 1. The van der Waals surface area contributed by atoms with Gasteiger partial charge >= 0.3 is 5.97 Å². The highest BCUT2D eigenvalue weighted by Crippen LogP contribution is 2.28. The van der Waals surface area contributed by atoms with Crippen molar-refractivity contribution in [3.05, 3.63) is 28.7 Å². The third kappa shape index (κ3) is 3.15. The highest BCUT2D eigenvalue weighted by atomic mass is 35.5. The Balaban J connectivity index is 1.89. The number of aromatic amines is 1. The van der Waals surface area contributed by atoms with Crippen molar-refractivity contribution in [1.29, 1.82) is 0 Å². The van der Waals surface area contributed by atoms with Crippen molar-refractivity contribution in [3.8, 4) is 0 Å². The topological polar surface area (TPSA) is 124 Å². The Kier molecular flexibility index (Phi) is 4.93. The third-order valence-electron chi connectivity index (χ3n) is 4.18. The average Bonchev–Trinajstić information content (AvgIpc) is 3.06. The smallest absolute Gasteiger partial charge is 0.356 e. The van der Waals surface area contributed by atoms with Crippen LogP contribution in [0.3, 0.4) is 0 Å². The second-order valence-electron chi connectivity index (χ2n) is 5.66. The second-order valence-corrected chi connectivity index (χ2v) is 6.56. The first-order valence-electron chi connectivity index (χ1n) is 7.58. The molecule has 1 saturated heterocycles. The lowest BCUT2D eigenvalue weighted by Crippen LogP contribution is -2.51. The standard InChI is InChI=1S/C15H14ClN4O5P/c16-8-6-18-11(14(23)24)10-9(8)7(5-17-10)12(21)13(22)19-1-3-20(4-2-19)15(25)26/h5-6,17H,1-4,26H2,(H,23,24). The summed E-state index contributed by atoms with van der Waals surface area (Å²) in [4.78, 5) is 57.1. The van der Waals surface area contributed by atoms with Gasteiger partial charge in [0.1, 0.15) is 0 Å². The van der Waals surface area contributed by atoms with E-state index >= 15 is 0 Å². The predicted octanol–water partition coefficient (Wildman–Crippen LogP) is 1.24. The maximum Gasteiger partial charge on any atom is 0.356 e. The first kappa shape index (κ1) is 18.3. The normalized spacial score (nSPS) is 14.5. The minimum Gasteiger partial charge on any atom is -0.476 e. The van der Waals surface area contributed by atoms with Crippen molar-refractivity contribution in [3.63, 3.8) is 0 Å². The second kappa shape index (κ2) is 7.01. The number of Topliss-reactive ketones (excluding diaryl/α,β-unsaturated/α-hetero) is 1. The van der Waals surface area contributed by atoms with Gasteiger partial charge in [-0.1, -0.05) is 11.6 Å². The number of carbonyl (C=O) groups excluding carboxylic acids is 3. The van der Waals surface area contributed by atoms with E-state index in [0.29, 0.717) is 13.1 Å². The minimum absolute atomic E-state index is 0.00977. The summed E-state index contributed by atoms with van der Waals surface area (Å²) in [5, 5.41) is 9.40. The van der Waals surface area contributed by atoms with Crippen LogP contribution in [0, 0.1) is 0 Å². The molecule has 1 aliphatic rings. The minimum atomic E-state index is -1.28. The number of hydrogen-bond donors (Lipinski definition) is 2. The summed E-state index contributed by atoms with van der Waals surface area (Å²) < 4.78 is 0. The molecule has 0 spiro atoms. The Hall–Kier alpha value is -2.51. The zero-order valence-corrected chi connectivity index (χ0v) is 15.3. The van der Waals surface area contributed by atoms with Gasteiger partial charge in [0.2, 0.25) is 5.65 Å². The SMILES string of the molecule is O=C(O)c1ncc(Cl)c2c(C(=O)C(=O)N3CCN(C(=O)P)CC3)c[nH]c12. The van der Waals surface area contributed by atoms with E-state index in [0.717, 1.165) is 6.20 Å². The molecule has 26 heavy (non-hydrogen) atoms. The molecule has 2 aromatic heterocycles. The first-order valence-corrected chi connectivity index (χ1v) is 8.53. The molecule has 1 unspecified atom stereocenters. The van der Waals surface area contributed by atoms with Crippen LogP contribution >= 0.6 is 20.8 Å². The number of carboxylic acids is 1. The van der Waals surface area contributed by atoms with Gasteiger partial charge in [-0.05, 0) is 9.24 Å². The summed E-state index contributed by atoms with van der Waals surface area (Å²) in [6, 6.07) is 0. The number of H-pyrrole nitrogens is 1. The van der Waals surface area contributed by atoms with E-state index in [9.17, 15) is 24.3 Å². The van der Waals surface area contributed by atoms with Gasteiger partial charge in [-0.3, -0.25) is 14.4 Å². The Morgan fingerprint density at radius 1 is 1.15 bits per heavy atom. The predicted molar refractivity (Wildman–Crippen MR) is 95.7 cm³/mol. The maximum atomic E-state index is 12.6. The Labute approximate surface area is 154 Å². The monoisotopic (exact) mass is 396 g/mol. The molecule has 2 aromatic rings. The van der Waals surface area contributed by atoms with Crippen molar-refractivity contribution < 1.29 is 24.3 Å². The van der Waals surface area contributed by atoms with Gasteiger partial charge in [-0.25, -0.2) is 9.78 Å². The van der Waals surface area contributed by atoms with E-state index in [1.165, 1.54) is 11.1 Å². The van der Waals surface area contributed by atoms with Crippen LogP contribution in [0.2, 0.25) is 5.02 Å². The van der Waals surface area contributed by atoms with Crippen LogP contribution in [0.1, 0.15) is 20.8 Å². The number of pyridine rings is 1. The lowest BCUT2D eigenvalue weighted by molar-refractivity contribution is -0.127. The fourth-order valence-electron chi connectivity index (χ4n) is 2.84. The summed E-state index contributed by atoms with van der Waals surface area (Å²) >= 11 is 6.07. The summed E-state index contributed by atoms with van der Waals surface area (Å²) in [5.41, 5.74) is -0.381. The van der Waals surface area contributed by atoms with Crippen LogP contribution < -0.4 is 0 Å². The number of nitrogens with zero attached hydrogens (tertiary/aromatic N) is 3. The van der Waals surface area contributed by atoms with Crippen LogP contribution in [-0.2, 0) is 4.79 Å². The molecule has 2 N–H and O–H groups in total. The van der Waals surface area contributed by atoms with Crippen LogP contribution in [0.4, 0.5) is 4.79 Å². The van der Waals surface area contributed by atoms with E-state index in [2.05, 4.69) is 19.2 Å². The zero-order chi connectivity index (χ0) is 19.0. The molecule has 0 radical (unpaired) electrons. The Morgan fingerprint density at radius 2 is 1.77 bits per heavy atom. The number of aromatic nitrogens is 2. The van der Waals surface area contributed by atoms with Crippen molar-refractivity contribution in [2.75, 3.05) is 26.2 Å². The molecule has 0 aromatic carbocycles. The molecule has 3 heterocycles. The van der Waals surface area contributed by atoms with Crippen LogP contribution in [0.5, 0.6) is 0 Å². The number of carboxylic acid groups (broad SMARTS) is 1. The van der Waals surface area contributed by atoms with Gasteiger partial charge in [0.15, 0.2) is 5.69 Å². The van der Waals surface area contributed by atoms with Gasteiger partial charge in [0, 0.05) is 44.0 Å². The van der Waals surface area contributed by atoms with E-state index < -0.39 is 17.7 Å². The average molecular weight is 397 g/mol. The molecule has 1 fully saturated rings. The summed E-state index contributed by atoms with van der Waals surface area (Å²) in [6.07, 6.45) is 2.39. The third-order valence-corrected chi connectivity index (χ3v) is 4.83. The molecular weight excluding hydrogens is 383 g/mol. The van der Waals surface area contributed by atoms with Crippen molar-refractivity contribution in [2.45, 2.75) is 0 Å². The highest BCUT2D eigenvalue weighted by molar-refractivity contribution is 7.39. The number of rotatable bonds is 3. The number of piperazine rings is 1. The Morgan fingerprint density at radius 3 is 2.35 bits per heavy atom. The lowest BCUT2D eigenvalue weighted by atomic mass is 10.1. The molecule has 9 nitrogen and oxygen atoms in total. The molecule has 136 valence electrons. The van der Waals surface area contributed by atoms with E-state index in [4.69, 9.17) is 11.6 Å². The molecule has 1 atom stereocenters. The number of nitrogens with one attached hydrogen (secondary N) is 1. The van der Waals surface area contributed by atoms with E-state index in [1.807, 2.05) is 0 Å². The number of halogens is 1. The largest absolute Gasteiger partial charge is 0.476 e. The van der Waals surface area contributed by atoms with Gasteiger partial charge in [-0.2, -0.15) is 0 Å². The van der Waals surface area contributed by atoms with E-state index in [1.54, 1.807) is 4.90 Å². The van der Waals surface area contributed by atoms with Crippen LogP contribution in [0.25, 0.3) is 10.9 Å². The number of ketones is 1. The van der Waals surface area contributed by atoms with Gasteiger partial charge in [0.05, 0.1) is 16.1 Å². The van der Waals surface area contributed by atoms with Crippen LogP contribution in [0.15, 0.2) is 12.4 Å². The fourth-order valence-corrected chi connectivity index (χ4v) is 3.34. The molecule has 3 rings (SSSR count). The molecular formula is C15H14ClN4O5P. The zero-order valence-electron chi connectivity index (χ0n) is 13.4. The molecule has 0 saturated carbocycles. The molecule has 0 aliphatic carbocycles. The van der Waals surface area contributed by atoms with Crippen molar-refractivity contribution in [1.82, 2.24) is 19.8 Å². The number of carbonyl (C=O) groups is 4. The van der Waals surface area contributed by atoms with Crippen molar-refractivity contribution >= 4 is 55.1 Å². The molecule has 2 amide bonds. The molecule has 11 heteroatoms. The summed E-state index contributed by atoms with van der Waals surface area (Å²) in [7, 11) is 2.07. The summed E-state index contributed by atoms with van der Waals surface area (Å²) in [6.45, 7) is 1.15. The first-order chi connectivity index (χ1) is 12.3. The number of aromatic carboxylic acids is 1. The molecule has 1 aliphatic heterocycles. The van der Waals surface area contributed by atoms with Crippen LogP contribution in [-0.4, -0.2) is 74.4 Å². The van der Waals surface area contributed by atoms with Gasteiger partial charge < -0.3 is 19.9 Å². The maximum absolute atomic E-state index is 12.6. The summed E-state index contributed by atoms with van der Waals surface area (Å²) in [5.74, 6) is -2.81. The quantitative estimate of drug-likeness (QED) is 0.457. The van der Waals surface area contributed by atoms with Gasteiger partial charge in [-0.15, -0.1) is 0 Å². The number of hydrogen-bond acceptors (Lipinski definition) is 5. The molecule has 0 bridgehead atoms. The number of amides is 2. The Bertz CT molecular complexity index is 936. The highest BCUT2D eigenvalue weighted by Gasteiger charge is 2.30. The fraction of sp³-hybridized carbons (Fsp3) is 0.267. The van der Waals surface area contributed by atoms with Gasteiger partial charge in [0.25, 0.3) is 11.7 Å². The lowest BCUT2D eigenvalue weighted by Gasteiger charge is -2.33.